The summed E-state index contributed by atoms with van der Waals surface area (Å²) < 4.78 is 5.41. The van der Waals surface area contributed by atoms with Crippen LogP contribution in [0, 0.1) is 17.0 Å². The van der Waals surface area contributed by atoms with Crippen molar-refractivity contribution in [3.05, 3.63) is 33.9 Å². The zero-order valence-electron chi connectivity index (χ0n) is 10.7. The summed E-state index contributed by atoms with van der Waals surface area (Å²) in [6.45, 7) is 1.86. The molecule has 1 N–H and O–H groups in total. The fourth-order valence-corrected chi connectivity index (χ4v) is 2.54. The van der Waals surface area contributed by atoms with Crippen molar-refractivity contribution in [2.45, 2.75) is 38.3 Å². The number of nitrogens with zero attached hydrogens (tertiary/aromatic N) is 1. The first-order valence-electron chi connectivity index (χ1n) is 6.15. The second-order valence-corrected chi connectivity index (χ2v) is 4.77. The maximum atomic E-state index is 10.8. The number of nitro groups is 1. The van der Waals surface area contributed by atoms with Crippen LogP contribution in [0.4, 0.5) is 11.4 Å². The molecule has 0 bridgehead atoms. The summed E-state index contributed by atoms with van der Waals surface area (Å²) in [5.74, 6) is 0. The van der Waals surface area contributed by atoms with E-state index in [4.69, 9.17) is 4.74 Å². The van der Waals surface area contributed by atoms with E-state index in [-0.39, 0.29) is 22.8 Å². The quantitative estimate of drug-likeness (QED) is 0.659. The first kappa shape index (κ1) is 12.8. The minimum absolute atomic E-state index is 0.129. The Morgan fingerprint density at radius 2 is 2.17 bits per heavy atom. The van der Waals surface area contributed by atoms with Crippen LogP contribution in [0.15, 0.2) is 18.2 Å². The van der Waals surface area contributed by atoms with E-state index in [9.17, 15) is 10.1 Å². The van der Waals surface area contributed by atoms with Crippen molar-refractivity contribution in [1.29, 1.82) is 0 Å². The van der Waals surface area contributed by atoms with Crippen LogP contribution in [0.5, 0.6) is 0 Å². The third-order valence-electron chi connectivity index (χ3n) is 3.38. The highest BCUT2D eigenvalue weighted by molar-refractivity contribution is 5.54. The van der Waals surface area contributed by atoms with Gasteiger partial charge in [0.2, 0.25) is 0 Å². The van der Waals surface area contributed by atoms with E-state index < -0.39 is 0 Å². The third kappa shape index (κ3) is 2.79. The molecule has 0 saturated heterocycles. The Morgan fingerprint density at radius 1 is 1.39 bits per heavy atom. The van der Waals surface area contributed by atoms with Gasteiger partial charge in [0, 0.05) is 24.9 Å². The molecular formula is C13H18N2O3. The van der Waals surface area contributed by atoms with Gasteiger partial charge in [0.05, 0.1) is 17.1 Å². The summed E-state index contributed by atoms with van der Waals surface area (Å²) in [4.78, 5) is 10.5. The number of ether oxygens (including phenoxy) is 1. The molecule has 0 amide bonds. The number of benzene rings is 1. The van der Waals surface area contributed by atoms with Crippen LogP contribution in [0.2, 0.25) is 0 Å². The van der Waals surface area contributed by atoms with Crippen LogP contribution in [-0.4, -0.2) is 24.2 Å². The Bertz CT molecular complexity index is 448. The molecule has 1 aliphatic carbocycles. The summed E-state index contributed by atoms with van der Waals surface area (Å²) >= 11 is 0. The monoisotopic (exact) mass is 250 g/mol. The second kappa shape index (κ2) is 5.35. The van der Waals surface area contributed by atoms with Gasteiger partial charge in [-0.15, -0.1) is 0 Å². The lowest BCUT2D eigenvalue weighted by atomic mass is 10.1. The molecule has 1 aliphatic rings. The number of methoxy groups -OCH3 is 1. The van der Waals surface area contributed by atoms with Gasteiger partial charge in [-0.2, -0.15) is 0 Å². The molecule has 0 spiro atoms. The predicted octanol–water partition coefficient (Wildman–Crippen LogP) is 2.88. The molecule has 0 heterocycles. The van der Waals surface area contributed by atoms with Crippen molar-refractivity contribution >= 4 is 11.4 Å². The van der Waals surface area contributed by atoms with Gasteiger partial charge in [0.1, 0.15) is 0 Å². The third-order valence-corrected chi connectivity index (χ3v) is 3.38. The normalized spacial score (nSPS) is 23.0. The van der Waals surface area contributed by atoms with E-state index in [0.717, 1.165) is 30.5 Å². The molecule has 1 fully saturated rings. The molecule has 5 nitrogen and oxygen atoms in total. The van der Waals surface area contributed by atoms with Crippen molar-refractivity contribution in [2.24, 2.45) is 0 Å². The molecule has 2 unspecified atom stereocenters. The number of anilines is 1. The second-order valence-electron chi connectivity index (χ2n) is 4.77. The lowest BCUT2D eigenvalue weighted by molar-refractivity contribution is -0.384. The molecule has 0 radical (unpaired) electrons. The molecule has 2 rings (SSSR count). The number of hydrogen-bond donors (Lipinski definition) is 1. The molecular weight excluding hydrogens is 232 g/mol. The molecule has 1 aromatic rings. The lowest BCUT2D eigenvalue weighted by Gasteiger charge is -2.20. The highest BCUT2D eigenvalue weighted by Gasteiger charge is 2.27. The highest BCUT2D eigenvalue weighted by atomic mass is 16.6. The summed E-state index contributed by atoms with van der Waals surface area (Å²) in [6.07, 6.45) is 3.41. The van der Waals surface area contributed by atoms with Crippen molar-refractivity contribution in [3.63, 3.8) is 0 Å². The minimum Gasteiger partial charge on any atom is -0.379 e. The summed E-state index contributed by atoms with van der Waals surface area (Å²) in [5.41, 5.74) is 1.82. The average Bonchev–Trinajstić information content (AvgIpc) is 2.75. The molecule has 2 atom stereocenters. The zero-order valence-corrected chi connectivity index (χ0v) is 10.7. The van der Waals surface area contributed by atoms with Crippen LogP contribution in [-0.2, 0) is 4.74 Å². The van der Waals surface area contributed by atoms with Crippen LogP contribution in [0.25, 0.3) is 0 Å². The Morgan fingerprint density at radius 3 is 2.83 bits per heavy atom. The lowest BCUT2D eigenvalue weighted by Crippen LogP contribution is -2.29. The first-order chi connectivity index (χ1) is 8.60. The van der Waals surface area contributed by atoms with Crippen LogP contribution < -0.4 is 5.32 Å². The van der Waals surface area contributed by atoms with Crippen molar-refractivity contribution in [3.8, 4) is 0 Å². The van der Waals surface area contributed by atoms with Gasteiger partial charge in [0.25, 0.3) is 5.69 Å². The minimum atomic E-state index is -0.360. The van der Waals surface area contributed by atoms with Crippen molar-refractivity contribution in [1.82, 2.24) is 0 Å². The average molecular weight is 250 g/mol. The molecule has 98 valence electrons. The number of rotatable bonds is 4. The van der Waals surface area contributed by atoms with Crippen LogP contribution in [0.1, 0.15) is 24.8 Å². The Balaban J connectivity index is 2.16. The van der Waals surface area contributed by atoms with E-state index in [1.54, 1.807) is 19.2 Å². The molecule has 0 aromatic heterocycles. The van der Waals surface area contributed by atoms with E-state index >= 15 is 0 Å². The summed E-state index contributed by atoms with van der Waals surface area (Å²) in [7, 11) is 1.71. The Labute approximate surface area is 106 Å². The highest BCUT2D eigenvalue weighted by Crippen LogP contribution is 2.27. The number of hydrogen-bond acceptors (Lipinski definition) is 4. The van der Waals surface area contributed by atoms with Crippen molar-refractivity contribution < 1.29 is 9.66 Å². The fourth-order valence-electron chi connectivity index (χ4n) is 2.54. The van der Waals surface area contributed by atoms with Gasteiger partial charge in [-0.25, -0.2) is 0 Å². The van der Waals surface area contributed by atoms with Gasteiger partial charge in [-0.05, 0) is 37.8 Å². The largest absolute Gasteiger partial charge is 0.379 e. The van der Waals surface area contributed by atoms with Crippen LogP contribution >= 0.6 is 0 Å². The summed E-state index contributed by atoms with van der Waals surface area (Å²) in [5, 5.41) is 14.2. The van der Waals surface area contributed by atoms with E-state index in [0.29, 0.717) is 0 Å². The molecule has 0 aliphatic heterocycles. The van der Waals surface area contributed by atoms with E-state index in [1.165, 1.54) is 0 Å². The Hall–Kier alpha value is -1.62. The number of nitrogens with one attached hydrogen (secondary N) is 1. The number of nitro benzene ring substituents is 1. The molecule has 1 saturated carbocycles. The fraction of sp³-hybridized carbons (Fsp3) is 0.538. The van der Waals surface area contributed by atoms with Crippen molar-refractivity contribution in [2.75, 3.05) is 12.4 Å². The smallest absolute Gasteiger partial charge is 0.271 e. The van der Waals surface area contributed by atoms with Gasteiger partial charge in [-0.1, -0.05) is 0 Å². The van der Waals surface area contributed by atoms with Gasteiger partial charge in [-0.3, -0.25) is 10.1 Å². The van der Waals surface area contributed by atoms with Crippen LogP contribution in [0.3, 0.4) is 0 Å². The van der Waals surface area contributed by atoms with Gasteiger partial charge < -0.3 is 10.1 Å². The predicted molar refractivity (Wildman–Crippen MR) is 69.9 cm³/mol. The summed E-state index contributed by atoms with van der Waals surface area (Å²) in [6, 6.07) is 5.33. The first-order valence-corrected chi connectivity index (χ1v) is 6.15. The number of aryl methyl sites for hydroxylation is 1. The maximum absolute atomic E-state index is 10.8. The Kier molecular flexibility index (Phi) is 3.81. The maximum Gasteiger partial charge on any atom is 0.271 e. The molecule has 18 heavy (non-hydrogen) atoms. The standard InChI is InChI=1S/C13H18N2O3/c1-9-6-10(8-11(7-9)15(16)17)14-12-4-3-5-13(12)18-2/h6-8,12-14H,3-5H2,1-2H3. The van der Waals surface area contributed by atoms with E-state index in [1.807, 2.05) is 13.0 Å². The topological polar surface area (TPSA) is 64.4 Å². The van der Waals surface area contributed by atoms with Gasteiger partial charge in [0.15, 0.2) is 0 Å². The van der Waals surface area contributed by atoms with Gasteiger partial charge >= 0.3 is 0 Å². The van der Waals surface area contributed by atoms with E-state index in [2.05, 4.69) is 5.32 Å². The molecule has 5 heteroatoms. The zero-order chi connectivity index (χ0) is 13.1. The number of non-ortho nitro benzene ring substituents is 1. The SMILES string of the molecule is COC1CCCC1Nc1cc(C)cc([N+](=O)[O-])c1. The molecule has 1 aromatic carbocycles.